The number of aliphatic hydroxyl groups is 1. The van der Waals surface area contributed by atoms with Crippen molar-refractivity contribution >= 4 is 43.2 Å². The smallest absolute Gasteiger partial charge is 0.312 e. The van der Waals surface area contributed by atoms with Crippen LogP contribution in [-0.2, 0) is 28.6 Å². The number of hydrogen-bond acceptors (Lipinski definition) is 13. The third kappa shape index (κ3) is 10.9. The lowest BCUT2D eigenvalue weighted by molar-refractivity contribution is -0.394. The van der Waals surface area contributed by atoms with Crippen LogP contribution in [0.5, 0.6) is 0 Å². The van der Waals surface area contributed by atoms with Crippen molar-refractivity contribution in [2.75, 3.05) is 43.7 Å². The minimum Gasteiger partial charge on any atom is -0.395 e. The van der Waals surface area contributed by atoms with Crippen molar-refractivity contribution in [3.8, 4) is 0 Å². The number of anilines is 1. The highest BCUT2D eigenvalue weighted by Gasteiger charge is 2.36. The van der Waals surface area contributed by atoms with Crippen LogP contribution in [0.2, 0.25) is 0 Å². The van der Waals surface area contributed by atoms with Gasteiger partial charge >= 0.3 is 5.69 Å². The molecule has 0 heterocycles. The minimum absolute atomic E-state index is 0.0224. The zero-order chi connectivity index (χ0) is 28.6. The van der Waals surface area contributed by atoms with Gasteiger partial charge in [0.2, 0.25) is 0 Å². The molecule has 1 aromatic carbocycles. The second kappa shape index (κ2) is 13.6. The van der Waals surface area contributed by atoms with E-state index in [-0.39, 0.29) is 38.2 Å². The first-order chi connectivity index (χ1) is 17.0. The second-order valence-electron chi connectivity index (χ2n) is 8.11. The van der Waals surface area contributed by atoms with Gasteiger partial charge in [-0.05, 0) is 32.8 Å². The summed E-state index contributed by atoms with van der Waals surface area (Å²) in [5.41, 5.74) is -2.78. The van der Waals surface area contributed by atoms with Crippen LogP contribution in [0.1, 0.15) is 37.0 Å². The van der Waals surface area contributed by atoms with E-state index in [2.05, 4.69) is 5.32 Å². The van der Waals surface area contributed by atoms with Crippen LogP contribution >= 0.6 is 0 Å². The van der Waals surface area contributed by atoms with Crippen LogP contribution in [0.3, 0.4) is 0 Å². The molecule has 1 amide bonds. The van der Waals surface area contributed by atoms with Crippen molar-refractivity contribution < 1.29 is 44.9 Å². The third-order valence-corrected chi connectivity index (χ3v) is 6.12. The largest absolute Gasteiger partial charge is 0.395 e. The summed E-state index contributed by atoms with van der Waals surface area (Å²) in [7, 11) is -7.61. The lowest BCUT2D eigenvalue weighted by Crippen LogP contribution is -2.33. The molecular formula is C19H30N4O12S2. The van der Waals surface area contributed by atoms with Gasteiger partial charge in [0.15, 0.2) is 5.56 Å². The molecule has 2 unspecified atom stereocenters. The van der Waals surface area contributed by atoms with Gasteiger partial charge in [0.25, 0.3) is 31.8 Å². The SMILES string of the molecule is CC(CCN(CCC(C)OS(C)(=O)=O)c1ccc([N+](=O)[O-])c(C(=O)NCCO)c1[N+](=O)[O-])OS(C)(=O)=O. The van der Waals surface area contributed by atoms with E-state index in [1.807, 2.05) is 0 Å². The summed E-state index contributed by atoms with van der Waals surface area (Å²) < 4.78 is 55.5. The Morgan fingerprint density at radius 1 is 1.00 bits per heavy atom. The van der Waals surface area contributed by atoms with Gasteiger partial charge in [-0.3, -0.25) is 33.4 Å². The molecule has 0 saturated carbocycles. The Labute approximate surface area is 214 Å². The molecule has 0 radical (unpaired) electrons. The van der Waals surface area contributed by atoms with Crippen molar-refractivity contribution in [3.63, 3.8) is 0 Å². The van der Waals surface area contributed by atoms with E-state index in [1.165, 1.54) is 18.7 Å². The molecular weight excluding hydrogens is 540 g/mol. The summed E-state index contributed by atoms with van der Waals surface area (Å²) in [4.78, 5) is 35.7. The number of nitrogens with one attached hydrogen (secondary N) is 1. The molecule has 2 atom stereocenters. The minimum atomic E-state index is -3.81. The van der Waals surface area contributed by atoms with E-state index in [9.17, 15) is 41.9 Å². The van der Waals surface area contributed by atoms with Crippen LogP contribution in [0.15, 0.2) is 12.1 Å². The maximum absolute atomic E-state index is 12.7. The van der Waals surface area contributed by atoms with Gasteiger partial charge in [-0.2, -0.15) is 16.8 Å². The topological polar surface area (TPSA) is 226 Å². The van der Waals surface area contributed by atoms with E-state index in [0.29, 0.717) is 0 Å². The molecule has 0 aliphatic rings. The molecule has 16 nitrogen and oxygen atoms in total. The molecule has 2 N–H and O–H groups in total. The summed E-state index contributed by atoms with van der Waals surface area (Å²) in [5, 5.41) is 34.7. The Kier molecular flexibility index (Phi) is 11.8. The predicted octanol–water partition coefficient (Wildman–Crippen LogP) is 0.541. The number of nitrogens with zero attached hydrogens (tertiary/aromatic N) is 3. The molecule has 0 aromatic heterocycles. The van der Waals surface area contributed by atoms with Crippen LogP contribution < -0.4 is 10.2 Å². The van der Waals surface area contributed by atoms with Crippen LogP contribution in [0.25, 0.3) is 0 Å². The number of nitro benzene ring substituents is 2. The normalized spacial score (nSPS) is 13.5. The lowest BCUT2D eigenvalue weighted by Gasteiger charge is -2.27. The molecule has 0 aliphatic heterocycles. The Morgan fingerprint density at radius 2 is 1.49 bits per heavy atom. The average molecular weight is 571 g/mol. The Morgan fingerprint density at radius 3 is 1.86 bits per heavy atom. The Hall–Kier alpha value is -2.93. The van der Waals surface area contributed by atoms with E-state index >= 15 is 0 Å². The standard InChI is InChI=1S/C19H30N4O12S2/c1-13(34-36(3,30)31)7-10-21(11-8-14(2)35-37(4,32)33)16-6-5-15(22(26)27)17(18(16)23(28)29)19(25)20-9-12-24/h5-6,13-14,24H,7-12H2,1-4H3,(H,20,25). The van der Waals surface area contributed by atoms with Crippen molar-refractivity contribution in [2.24, 2.45) is 0 Å². The van der Waals surface area contributed by atoms with Gasteiger partial charge in [0, 0.05) is 25.7 Å². The molecule has 37 heavy (non-hydrogen) atoms. The fraction of sp³-hybridized carbons (Fsp3) is 0.632. The molecule has 210 valence electrons. The van der Waals surface area contributed by atoms with Crippen molar-refractivity contribution in [1.29, 1.82) is 0 Å². The van der Waals surface area contributed by atoms with Crippen molar-refractivity contribution in [1.82, 2.24) is 5.32 Å². The quantitative estimate of drug-likeness (QED) is 0.157. The molecule has 0 fully saturated rings. The monoisotopic (exact) mass is 570 g/mol. The molecule has 1 rings (SSSR count). The van der Waals surface area contributed by atoms with Crippen molar-refractivity contribution in [3.05, 3.63) is 37.9 Å². The maximum atomic E-state index is 12.7. The number of rotatable bonds is 16. The molecule has 1 aromatic rings. The van der Waals surface area contributed by atoms with Crippen LogP contribution in [0.4, 0.5) is 17.1 Å². The number of benzene rings is 1. The number of hydrogen-bond donors (Lipinski definition) is 2. The third-order valence-electron chi connectivity index (χ3n) is 4.77. The lowest BCUT2D eigenvalue weighted by atomic mass is 10.1. The zero-order valence-corrected chi connectivity index (χ0v) is 22.3. The summed E-state index contributed by atoms with van der Waals surface area (Å²) in [6, 6.07) is 1.99. The summed E-state index contributed by atoms with van der Waals surface area (Å²) in [6.45, 7) is 1.92. The van der Waals surface area contributed by atoms with E-state index < -0.39 is 71.7 Å². The number of aliphatic hydroxyl groups excluding tert-OH is 1. The second-order valence-corrected chi connectivity index (χ2v) is 11.3. The highest BCUT2D eigenvalue weighted by Crippen LogP contribution is 2.38. The fourth-order valence-electron chi connectivity index (χ4n) is 3.36. The summed E-state index contributed by atoms with van der Waals surface area (Å²) >= 11 is 0. The molecule has 0 bridgehead atoms. The maximum Gasteiger partial charge on any atom is 0.312 e. The number of amides is 1. The van der Waals surface area contributed by atoms with Gasteiger partial charge in [-0.1, -0.05) is 0 Å². The molecule has 18 heteroatoms. The molecule has 0 spiro atoms. The first-order valence-corrected chi connectivity index (χ1v) is 14.5. The molecule has 0 aliphatic carbocycles. The van der Waals surface area contributed by atoms with Gasteiger partial charge in [-0.25, -0.2) is 0 Å². The zero-order valence-electron chi connectivity index (χ0n) is 20.6. The number of carbonyl (C=O) groups excluding carboxylic acids is 1. The van der Waals surface area contributed by atoms with Crippen molar-refractivity contribution in [2.45, 2.75) is 38.9 Å². The van der Waals surface area contributed by atoms with Crippen LogP contribution in [0, 0.1) is 20.2 Å². The van der Waals surface area contributed by atoms with Gasteiger partial charge < -0.3 is 15.3 Å². The highest BCUT2D eigenvalue weighted by atomic mass is 32.2. The number of carbonyl (C=O) groups is 1. The highest BCUT2D eigenvalue weighted by molar-refractivity contribution is 7.86. The van der Waals surface area contributed by atoms with E-state index in [0.717, 1.165) is 24.6 Å². The first kappa shape index (κ1) is 32.1. The van der Waals surface area contributed by atoms with E-state index in [1.54, 1.807) is 0 Å². The van der Waals surface area contributed by atoms with Gasteiger partial charge in [0.05, 0.1) is 41.2 Å². The Bertz CT molecular complexity index is 1160. The first-order valence-electron chi connectivity index (χ1n) is 10.8. The number of nitro groups is 2. The van der Waals surface area contributed by atoms with E-state index in [4.69, 9.17) is 13.5 Å². The predicted molar refractivity (Wildman–Crippen MR) is 131 cm³/mol. The summed E-state index contributed by atoms with van der Waals surface area (Å²) in [5.74, 6) is -1.16. The fourth-order valence-corrected chi connectivity index (χ4v) is 4.75. The molecule has 0 saturated heterocycles. The van der Waals surface area contributed by atoms with Gasteiger partial charge in [0.1, 0.15) is 5.69 Å². The van der Waals surface area contributed by atoms with Gasteiger partial charge in [-0.15, -0.1) is 0 Å². The Balaban J connectivity index is 3.56. The average Bonchev–Trinajstić information content (AvgIpc) is 2.73. The van der Waals surface area contributed by atoms with Crippen LogP contribution in [-0.4, -0.2) is 88.7 Å². The summed E-state index contributed by atoms with van der Waals surface area (Å²) in [6.07, 6.45) is 0.0370.